The predicted molar refractivity (Wildman–Crippen MR) is 147 cm³/mol. The van der Waals surface area contributed by atoms with E-state index in [1.807, 2.05) is 67.6 Å². The lowest BCUT2D eigenvalue weighted by molar-refractivity contribution is -0.117. The molecule has 0 aliphatic carbocycles. The second-order valence-electron chi connectivity index (χ2n) is 9.53. The minimum absolute atomic E-state index is 0.0149. The van der Waals surface area contributed by atoms with Crippen molar-refractivity contribution in [2.75, 3.05) is 22.9 Å². The Morgan fingerprint density at radius 3 is 2.41 bits per heavy atom. The van der Waals surface area contributed by atoms with E-state index in [1.54, 1.807) is 12.1 Å². The number of furan rings is 1. The molecule has 4 aromatic rings. The number of hydrogen-bond donors (Lipinski definition) is 1. The first kappa shape index (κ1) is 23.6. The molecule has 2 aliphatic rings. The second-order valence-corrected chi connectivity index (χ2v) is 10.4. The summed E-state index contributed by atoms with van der Waals surface area (Å²) >= 11 is 3.44. The fourth-order valence-electron chi connectivity index (χ4n) is 5.35. The Morgan fingerprint density at radius 1 is 0.973 bits per heavy atom. The predicted octanol–water partition coefficient (Wildman–Crippen LogP) is 6.89. The third-order valence-corrected chi connectivity index (χ3v) is 7.73. The first-order valence-corrected chi connectivity index (χ1v) is 13.1. The van der Waals surface area contributed by atoms with Gasteiger partial charge < -0.3 is 14.4 Å². The molecule has 1 unspecified atom stereocenters. The SMILES string of the molecule is Cc1ccccc1C1C(C(=O)c2cc3cc(Br)ccc3o2)=C(O)C(=O)N1c1ccc(N2CCCC2)cc1. The summed E-state index contributed by atoms with van der Waals surface area (Å²) in [4.78, 5) is 31.2. The molecule has 6 nitrogen and oxygen atoms in total. The molecule has 1 aromatic heterocycles. The minimum atomic E-state index is -0.793. The molecule has 1 atom stereocenters. The van der Waals surface area contributed by atoms with Crippen LogP contribution in [-0.4, -0.2) is 29.9 Å². The molecule has 7 heteroatoms. The van der Waals surface area contributed by atoms with E-state index in [-0.39, 0.29) is 11.3 Å². The number of halogens is 1. The number of carbonyl (C=O) groups excluding carboxylic acids is 2. The van der Waals surface area contributed by atoms with Gasteiger partial charge in [0.05, 0.1) is 11.6 Å². The van der Waals surface area contributed by atoms with Gasteiger partial charge in [0.2, 0.25) is 5.78 Å². The fourth-order valence-corrected chi connectivity index (χ4v) is 5.73. The number of aliphatic hydroxyl groups excluding tert-OH is 1. The molecule has 1 N–H and O–H groups in total. The zero-order chi connectivity index (χ0) is 25.7. The van der Waals surface area contributed by atoms with Crippen LogP contribution < -0.4 is 9.80 Å². The Morgan fingerprint density at radius 2 is 1.68 bits per heavy atom. The van der Waals surface area contributed by atoms with Gasteiger partial charge >= 0.3 is 0 Å². The normalized spacial score (nSPS) is 17.9. The van der Waals surface area contributed by atoms with Crippen LogP contribution >= 0.6 is 15.9 Å². The Labute approximate surface area is 222 Å². The first-order valence-electron chi connectivity index (χ1n) is 12.3. The highest BCUT2D eigenvalue weighted by Crippen LogP contribution is 2.43. The average molecular weight is 557 g/mol. The molecule has 37 heavy (non-hydrogen) atoms. The molecule has 0 radical (unpaired) electrons. The number of nitrogens with zero attached hydrogens (tertiary/aromatic N) is 2. The highest BCUT2D eigenvalue weighted by atomic mass is 79.9. The molecule has 3 heterocycles. The highest BCUT2D eigenvalue weighted by molar-refractivity contribution is 9.10. The van der Waals surface area contributed by atoms with Gasteiger partial charge in [0, 0.05) is 34.3 Å². The summed E-state index contributed by atoms with van der Waals surface area (Å²) < 4.78 is 6.72. The van der Waals surface area contributed by atoms with Crippen LogP contribution in [0.1, 0.15) is 40.6 Å². The first-order chi connectivity index (χ1) is 17.9. The van der Waals surface area contributed by atoms with Crippen LogP contribution in [0.3, 0.4) is 0 Å². The van der Waals surface area contributed by atoms with Crippen molar-refractivity contribution in [3.05, 3.63) is 105 Å². The number of rotatable bonds is 5. The van der Waals surface area contributed by atoms with Crippen LogP contribution in [0.2, 0.25) is 0 Å². The molecule has 0 saturated carbocycles. The summed E-state index contributed by atoms with van der Waals surface area (Å²) in [6, 6.07) is 21.7. The van der Waals surface area contributed by atoms with E-state index in [4.69, 9.17) is 4.42 Å². The van der Waals surface area contributed by atoms with Crippen LogP contribution in [0.4, 0.5) is 11.4 Å². The van der Waals surface area contributed by atoms with Crippen LogP contribution in [0, 0.1) is 6.92 Å². The second kappa shape index (κ2) is 9.23. The molecule has 3 aromatic carbocycles. The molecule has 1 fully saturated rings. The molecule has 1 amide bonds. The average Bonchev–Trinajstić information content (AvgIpc) is 3.63. The number of ketones is 1. The lowest BCUT2D eigenvalue weighted by Crippen LogP contribution is -2.31. The Hall–Kier alpha value is -3.84. The summed E-state index contributed by atoms with van der Waals surface area (Å²) in [5.41, 5.74) is 3.96. The third-order valence-electron chi connectivity index (χ3n) is 7.24. The Bertz CT molecular complexity index is 1560. The molecular formula is C30H25BrN2O4. The summed E-state index contributed by atoms with van der Waals surface area (Å²) in [5, 5.41) is 11.9. The van der Waals surface area contributed by atoms with E-state index in [2.05, 4.69) is 20.8 Å². The molecule has 0 bridgehead atoms. The molecule has 6 rings (SSSR count). The van der Waals surface area contributed by atoms with Crippen molar-refractivity contribution in [3.8, 4) is 0 Å². The lowest BCUT2D eigenvalue weighted by Gasteiger charge is -2.28. The highest BCUT2D eigenvalue weighted by Gasteiger charge is 2.45. The van der Waals surface area contributed by atoms with Crippen molar-refractivity contribution in [1.82, 2.24) is 0 Å². The quantitative estimate of drug-likeness (QED) is 0.271. The molecule has 1 saturated heterocycles. The van der Waals surface area contributed by atoms with E-state index in [0.717, 1.165) is 39.8 Å². The summed E-state index contributed by atoms with van der Waals surface area (Å²) in [7, 11) is 0. The maximum absolute atomic E-state index is 13.8. The van der Waals surface area contributed by atoms with Crippen molar-refractivity contribution >= 4 is 50.0 Å². The number of amides is 1. The number of anilines is 2. The minimum Gasteiger partial charge on any atom is -0.503 e. The number of benzene rings is 3. The Balaban J connectivity index is 1.44. The van der Waals surface area contributed by atoms with Crippen LogP contribution in [-0.2, 0) is 4.79 Å². The van der Waals surface area contributed by atoms with E-state index in [1.165, 1.54) is 17.7 Å². The van der Waals surface area contributed by atoms with Gasteiger partial charge in [-0.05, 0) is 79.4 Å². The zero-order valence-corrected chi connectivity index (χ0v) is 21.9. The molecule has 2 aliphatic heterocycles. The molecule has 0 spiro atoms. The van der Waals surface area contributed by atoms with Crippen molar-refractivity contribution in [2.45, 2.75) is 25.8 Å². The smallest absolute Gasteiger partial charge is 0.294 e. The van der Waals surface area contributed by atoms with Crippen molar-refractivity contribution in [1.29, 1.82) is 0 Å². The zero-order valence-electron chi connectivity index (χ0n) is 20.3. The van der Waals surface area contributed by atoms with Crippen molar-refractivity contribution < 1.29 is 19.1 Å². The van der Waals surface area contributed by atoms with Gasteiger partial charge in [-0.2, -0.15) is 0 Å². The van der Waals surface area contributed by atoms with Crippen LogP contribution in [0.25, 0.3) is 11.0 Å². The number of carbonyl (C=O) groups is 2. The van der Waals surface area contributed by atoms with Gasteiger partial charge in [0.15, 0.2) is 11.5 Å². The van der Waals surface area contributed by atoms with Gasteiger partial charge in [-0.1, -0.05) is 40.2 Å². The summed E-state index contributed by atoms with van der Waals surface area (Å²) in [6.07, 6.45) is 2.34. The van der Waals surface area contributed by atoms with E-state index >= 15 is 0 Å². The summed E-state index contributed by atoms with van der Waals surface area (Å²) in [5.74, 6) is -1.59. The standard InChI is InChI=1S/C30H25BrN2O4/c1-18-6-2-3-7-23(18)27-26(28(34)25-17-19-16-20(31)8-13-24(19)37-25)29(35)30(36)33(27)22-11-9-21(10-12-22)32-14-4-5-15-32/h2-3,6-13,16-17,27,35H,4-5,14-15H2,1H3. The molecular weight excluding hydrogens is 532 g/mol. The molecule has 186 valence electrons. The van der Waals surface area contributed by atoms with Crippen LogP contribution in [0.5, 0.6) is 0 Å². The van der Waals surface area contributed by atoms with Gasteiger partial charge in [-0.25, -0.2) is 0 Å². The number of fused-ring (bicyclic) bond motifs is 1. The van der Waals surface area contributed by atoms with Crippen molar-refractivity contribution in [2.24, 2.45) is 0 Å². The van der Waals surface area contributed by atoms with Gasteiger partial charge in [0.25, 0.3) is 5.91 Å². The van der Waals surface area contributed by atoms with E-state index < -0.39 is 23.5 Å². The fraction of sp³-hybridized carbons (Fsp3) is 0.200. The third kappa shape index (κ3) is 4.03. The lowest BCUT2D eigenvalue weighted by atomic mass is 9.92. The number of Topliss-reactive ketones (excluding diaryl/α,β-unsaturated/α-hetero) is 1. The van der Waals surface area contributed by atoms with Crippen molar-refractivity contribution in [3.63, 3.8) is 0 Å². The van der Waals surface area contributed by atoms with Gasteiger partial charge in [0.1, 0.15) is 5.58 Å². The Kier molecular flexibility index (Phi) is 5.88. The number of aryl methyl sites for hydroxylation is 1. The van der Waals surface area contributed by atoms with Crippen LogP contribution in [0.15, 0.2) is 93.0 Å². The number of hydrogen-bond acceptors (Lipinski definition) is 5. The van der Waals surface area contributed by atoms with E-state index in [9.17, 15) is 14.7 Å². The topological polar surface area (TPSA) is 74.0 Å². The monoisotopic (exact) mass is 556 g/mol. The maximum Gasteiger partial charge on any atom is 0.294 e. The number of aliphatic hydroxyl groups is 1. The largest absolute Gasteiger partial charge is 0.503 e. The maximum atomic E-state index is 13.8. The van der Waals surface area contributed by atoms with E-state index in [0.29, 0.717) is 11.3 Å². The van der Waals surface area contributed by atoms with Gasteiger partial charge in [-0.3, -0.25) is 14.5 Å². The summed E-state index contributed by atoms with van der Waals surface area (Å²) in [6.45, 7) is 3.97. The van der Waals surface area contributed by atoms with Gasteiger partial charge in [-0.15, -0.1) is 0 Å².